The molecule has 2 nitrogen and oxygen atoms in total. The highest BCUT2D eigenvalue weighted by atomic mass is 15.2. The molecule has 0 aromatic heterocycles. The van der Waals surface area contributed by atoms with Crippen molar-refractivity contribution in [2.24, 2.45) is 28.7 Å². The smallest absolute Gasteiger partial charge is 0.0585 e. The Bertz CT molecular complexity index is 731. The predicted octanol–water partition coefficient (Wildman–Crippen LogP) is 4.63. The van der Waals surface area contributed by atoms with Crippen LogP contribution in [-0.4, -0.2) is 23.7 Å². The molecular weight excluding hydrogens is 292 g/mol. The number of allylic oxidation sites excluding steroid dienone is 5. The van der Waals surface area contributed by atoms with Crippen molar-refractivity contribution in [2.45, 2.75) is 51.0 Å². The van der Waals surface area contributed by atoms with E-state index in [2.05, 4.69) is 40.4 Å². The lowest BCUT2D eigenvalue weighted by atomic mass is 9.73. The molecule has 0 spiro atoms. The topological polar surface area (TPSA) is 15.6 Å². The average molecular weight is 318 g/mol. The first kappa shape index (κ1) is 13.7. The van der Waals surface area contributed by atoms with Gasteiger partial charge in [-0.25, -0.2) is 0 Å². The van der Waals surface area contributed by atoms with E-state index < -0.39 is 0 Å². The standard InChI is InChI=1S/C22H26N2/c1-2-4-20-15(3-1)7-8-17-16(14-5-6-14)9-10-18-19-13-23-12-11-21(19)24(20)22(17)18/h1,3,7,11-12,14,16,18-20H,2,4-6,8-10,13H2/t16?,18-,19-,20?/m1/s1. The molecule has 0 N–H and O–H groups in total. The van der Waals surface area contributed by atoms with Gasteiger partial charge >= 0.3 is 0 Å². The van der Waals surface area contributed by atoms with Crippen molar-refractivity contribution < 1.29 is 0 Å². The zero-order valence-electron chi connectivity index (χ0n) is 14.3. The Hall–Kier alpha value is -1.57. The van der Waals surface area contributed by atoms with E-state index in [9.17, 15) is 0 Å². The summed E-state index contributed by atoms with van der Waals surface area (Å²) < 4.78 is 0. The van der Waals surface area contributed by atoms with Crippen LogP contribution in [0.3, 0.4) is 0 Å². The van der Waals surface area contributed by atoms with Crippen molar-refractivity contribution in [3.05, 3.63) is 46.8 Å². The number of dihydropyridines is 1. The number of hydrogen-bond acceptors (Lipinski definition) is 2. The largest absolute Gasteiger partial charge is 0.341 e. The van der Waals surface area contributed by atoms with Crippen molar-refractivity contribution in [2.75, 3.05) is 6.54 Å². The van der Waals surface area contributed by atoms with Gasteiger partial charge in [0.2, 0.25) is 0 Å². The van der Waals surface area contributed by atoms with Gasteiger partial charge in [0, 0.05) is 36.0 Å². The third kappa shape index (κ3) is 1.80. The van der Waals surface area contributed by atoms with Crippen LogP contribution in [0.4, 0.5) is 0 Å². The first-order valence-electron chi connectivity index (χ1n) is 10.0. The monoisotopic (exact) mass is 318 g/mol. The number of aliphatic imine (C=N–C) groups is 1. The van der Waals surface area contributed by atoms with Gasteiger partial charge in [-0.1, -0.05) is 18.2 Å². The average Bonchev–Trinajstić information content (AvgIpc) is 3.43. The molecule has 2 fully saturated rings. The Labute approximate surface area is 144 Å². The lowest BCUT2D eigenvalue weighted by molar-refractivity contribution is 0.308. The van der Waals surface area contributed by atoms with Crippen LogP contribution in [0.1, 0.15) is 44.9 Å². The Morgan fingerprint density at radius 2 is 1.92 bits per heavy atom. The minimum absolute atomic E-state index is 0.589. The van der Waals surface area contributed by atoms with Crippen LogP contribution in [0.15, 0.2) is 51.8 Å². The summed E-state index contributed by atoms with van der Waals surface area (Å²) in [6.45, 7) is 1.01. The molecule has 124 valence electrons. The van der Waals surface area contributed by atoms with Gasteiger partial charge < -0.3 is 4.90 Å². The maximum atomic E-state index is 4.64. The molecule has 0 amide bonds. The van der Waals surface area contributed by atoms with Gasteiger partial charge in [0.1, 0.15) is 0 Å². The van der Waals surface area contributed by atoms with Crippen LogP contribution >= 0.6 is 0 Å². The zero-order valence-corrected chi connectivity index (χ0v) is 14.3. The van der Waals surface area contributed by atoms with E-state index in [1.807, 2.05) is 5.57 Å². The van der Waals surface area contributed by atoms with Crippen LogP contribution in [0.5, 0.6) is 0 Å². The van der Waals surface area contributed by atoms with E-state index in [-0.39, 0.29) is 0 Å². The van der Waals surface area contributed by atoms with E-state index in [4.69, 9.17) is 0 Å². The summed E-state index contributed by atoms with van der Waals surface area (Å²) in [5.41, 5.74) is 6.74. The maximum Gasteiger partial charge on any atom is 0.0585 e. The van der Waals surface area contributed by atoms with E-state index >= 15 is 0 Å². The van der Waals surface area contributed by atoms with Crippen molar-refractivity contribution >= 4 is 6.21 Å². The molecule has 0 aromatic rings. The molecular formula is C22H26N2. The second kappa shape index (κ2) is 4.97. The number of hydrogen-bond donors (Lipinski definition) is 0. The number of nitrogens with zero attached hydrogens (tertiary/aromatic N) is 2. The van der Waals surface area contributed by atoms with E-state index in [0.717, 1.165) is 24.3 Å². The Kier molecular flexibility index (Phi) is 2.83. The minimum atomic E-state index is 0.589. The summed E-state index contributed by atoms with van der Waals surface area (Å²) in [4.78, 5) is 7.45. The molecule has 3 aliphatic heterocycles. The van der Waals surface area contributed by atoms with Gasteiger partial charge in [-0.2, -0.15) is 0 Å². The molecule has 2 heteroatoms. The van der Waals surface area contributed by atoms with Crippen molar-refractivity contribution in [1.82, 2.24) is 4.90 Å². The summed E-state index contributed by atoms with van der Waals surface area (Å²) >= 11 is 0. The molecule has 2 unspecified atom stereocenters. The van der Waals surface area contributed by atoms with Crippen molar-refractivity contribution in [3.63, 3.8) is 0 Å². The van der Waals surface area contributed by atoms with Gasteiger partial charge in [-0.05, 0) is 74.0 Å². The SMILES string of the molecule is C1=CC2=CCC3=C4[C@H](CCC3C3CC3)[C@H]3CN=CC=C3N4C2CC1. The lowest BCUT2D eigenvalue weighted by Crippen LogP contribution is -2.35. The summed E-state index contributed by atoms with van der Waals surface area (Å²) in [5.74, 6) is 3.28. The highest BCUT2D eigenvalue weighted by molar-refractivity contribution is 5.74. The molecule has 1 saturated heterocycles. The fourth-order valence-electron chi connectivity index (χ4n) is 6.16. The van der Waals surface area contributed by atoms with E-state index in [1.54, 1.807) is 17.0 Å². The fraction of sp³-hybridized carbons (Fsp3) is 0.591. The molecule has 0 radical (unpaired) electrons. The summed E-state index contributed by atoms with van der Waals surface area (Å²) in [5, 5.41) is 0. The van der Waals surface area contributed by atoms with Crippen LogP contribution < -0.4 is 0 Å². The maximum absolute atomic E-state index is 4.64. The van der Waals surface area contributed by atoms with Gasteiger partial charge in [-0.3, -0.25) is 4.99 Å². The van der Waals surface area contributed by atoms with E-state index in [1.165, 1.54) is 44.9 Å². The lowest BCUT2D eigenvalue weighted by Gasteiger charge is -2.38. The summed E-state index contributed by atoms with van der Waals surface area (Å²) in [6, 6.07) is 0.589. The number of fused-ring (bicyclic) bond motifs is 5. The Morgan fingerprint density at radius 1 is 1.00 bits per heavy atom. The van der Waals surface area contributed by atoms with E-state index in [0.29, 0.717) is 12.0 Å². The molecule has 6 aliphatic rings. The minimum Gasteiger partial charge on any atom is -0.341 e. The Balaban J connectivity index is 1.55. The molecule has 3 aliphatic carbocycles. The first-order valence-corrected chi connectivity index (χ1v) is 10.0. The van der Waals surface area contributed by atoms with Crippen molar-refractivity contribution in [1.29, 1.82) is 0 Å². The van der Waals surface area contributed by atoms with Crippen LogP contribution in [0, 0.1) is 23.7 Å². The normalized spacial score (nSPS) is 39.8. The molecule has 3 heterocycles. The summed E-state index contributed by atoms with van der Waals surface area (Å²) in [6.07, 6.45) is 21.3. The highest BCUT2D eigenvalue weighted by Gasteiger charge is 2.51. The second-order valence-corrected chi connectivity index (χ2v) is 8.52. The predicted molar refractivity (Wildman–Crippen MR) is 97.6 cm³/mol. The third-order valence-electron chi connectivity index (χ3n) is 7.33. The van der Waals surface area contributed by atoms with Gasteiger partial charge in [0.25, 0.3) is 0 Å². The molecule has 4 atom stereocenters. The molecule has 0 bridgehead atoms. The zero-order chi connectivity index (χ0) is 15.7. The van der Waals surface area contributed by atoms with Gasteiger partial charge in [0.05, 0.1) is 6.04 Å². The third-order valence-corrected chi connectivity index (χ3v) is 7.33. The highest BCUT2D eigenvalue weighted by Crippen LogP contribution is 2.58. The summed E-state index contributed by atoms with van der Waals surface area (Å²) in [7, 11) is 0. The Morgan fingerprint density at radius 3 is 2.83 bits per heavy atom. The quantitative estimate of drug-likeness (QED) is 0.688. The van der Waals surface area contributed by atoms with Crippen LogP contribution in [0.2, 0.25) is 0 Å². The molecule has 1 saturated carbocycles. The first-order chi connectivity index (χ1) is 11.9. The van der Waals surface area contributed by atoms with Gasteiger partial charge in [0.15, 0.2) is 0 Å². The fourth-order valence-corrected chi connectivity index (χ4v) is 6.16. The molecule has 6 rings (SSSR count). The van der Waals surface area contributed by atoms with Gasteiger partial charge in [-0.15, -0.1) is 0 Å². The molecule has 0 aromatic carbocycles. The van der Waals surface area contributed by atoms with Crippen LogP contribution in [0.25, 0.3) is 0 Å². The second-order valence-electron chi connectivity index (χ2n) is 8.52. The van der Waals surface area contributed by atoms with Crippen molar-refractivity contribution in [3.8, 4) is 0 Å². The number of rotatable bonds is 1. The van der Waals surface area contributed by atoms with Crippen LogP contribution in [-0.2, 0) is 0 Å². The molecule has 24 heavy (non-hydrogen) atoms.